The second-order valence-corrected chi connectivity index (χ2v) is 5.15. The van der Waals surface area contributed by atoms with Gasteiger partial charge in [0, 0.05) is 32.4 Å². The van der Waals surface area contributed by atoms with Gasteiger partial charge in [0.1, 0.15) is 5.82 Å². The lowest BCUT2D eigenvalue weighted by molar-refractivity contribution is 0.0818. The first-order valence-corrected chi connectivity index (χ1v) is 7.21. The van der Waals surface area contributed by atoms with E-state index in [1.54, 1.807) is 7.11 Å². The molecule has 1 N–H and O–H groups in total. The Bertz CT molecular complexity index is 389. The van der Waals surface area contributed by atoms with E-state index in [0.29, 0.717) is 12.1 Å². The zero-order chi connectivity index (χ0) is 13.7. The molecule has 0 aromatic carbocycles. The molecular weight excluding hydrogens is 238 g/mol. The van der Waals surface area contributed by atoms with Crippen molar-refractivity contribution in [2.24, 2.45) is 0 Å². The molecule has 0 saturated carbocycles. The Balaban J connectivity index is 2.03. The Morgan fingerprint density at radius 2 is 2.21 bits per heavy atom. The molecule has 0 spiro atoms. The smallest absolute Gasteiger partial charge is 0.128 e. The first-order chi connectivity index (χ1) is 9.24. The van der Waals surface area contributed by atoms with E-state index in [0.717, 1.165) is 38.3 Å². The van der Waals surface area contributed by atoms with E-state index in [2.05, 4.69) is 41.2 Å². The first kappa shape index (κ1) is 14.3. The number of hydrogen-bond acceptors (Lipinski definition) is 4. The van der Waals surface area contributed by atoms with Crippen LogP contribution in [0.4, 0.5) is 5.82 Å². The summed E-state index contributed by atoms with van der Waals surface area (Å²) in [6.45, 7) is 7.38. The summed E-state index contributed by atoms with van der Waals surface area (Å²) in [5, 5.41) is 3.44. The topological polar surface area (TPSA) is 37.4 Å². The number of pyridine rings is 1. The number of nitrogens with zero attached hydrogens (tertiary/aromatic N) is 2. The van der Waals surface area contributed by atoms with Crippen LogP contribution in [-0.2, 0) is 4.74 Å². The molecule has 1 fully saturated rings. The Morgan fingerprint density at radius 3 is 2.84 bits per heavy atom. The van der Waals surface area contributed by atoms with Gasteiger partial charge in [0.25, 0.3) is 0 Å². The third kappa shape index (κ3) is 3.67. The molecule has 1 unspecified atom stereocenters. The molecule has 1 aromatic heterocycles. The monoisotopic (exact) mass is 263 g/mol. The summed E-state index contributed by atoms with van der Waals surface area (Å²) in [6.07, 6.45) is 4.51. The zero-order valence-electron chi connectivity index (χ0n) is 12.2. The minimum atomic E-state index is 0.378. The van der Waals surface area contributed by atoms with Crippen LogP contribution >= 0.6 is 0 Å². The molecule has 106 valence electrons. The molecule has 0 bridgehead atoms. The summed E-state index contributed by atoms with van der Waals surface area (Å²) in [5.74, 6) is 1.09. The molecule has 4 nitrogen and oxygen atoms in total. The van der Waals surface area contributed by atoms with E-state index in [-0.39, 0.29) is 0 Å². The molecule has 4 heteroatoms. The number of methoxy groups -OCH3 is 1. The highest BCUT2D eigenvalue weighted by molar-refractivity contribution is 5.42. The largest absolute Gasteiger partial charge is 0.381 e. The molecule has 2 heterocycles. The molecule has 1 atom stereocenters. The van der Waals surface area contributed by atoms with Crippen LogP contribution in [0.2, 0.25) is 0 Å². The van der Waals surface area contributed by atoms with Crippen molar-refractivity contribution in [1.82, 2.24) is 10.3 Å². The summed E-state index contributed by atoms with van der Waals surface area (Å²) in [4.78, 5) is 6.87. The van der Waals surface area contributed by atoms with Gasteiger partial charge in [-0.15, -0.1) is 0 Å². The maximum absolute atomic E-state index is 5.41. The lowest BCUT2D eigenvalue weighted by atomic mass is 10.1. The second kappa shape index (κ2) is 6.87. The summed E-state index contributed by atoms with van der Waals surface area (Å²) in [6, 6.07) is 4.68. The van der Waals surface area contributed by atoms with Gasteiger partial charge in [-0.3, -0.25) is 0 Å². The Kier molecular flexibility index (Phi) is 5.16. The van der Waals surface area contributed by atoms with E-state index < -0.39 is 0 Å². The van der Waals surface area contributed by atoms with Gasteiger partial charge in [-0.2, -0.15) is 0 Å². The number of anilines is 1. The standard InChI is InChI=1S/C15H25N3O/c1-4-16-12(2)13-5-8-17-15(11-13)18-9-6-14(19-3)7-10-18/h5,8,11-12,14,16H,4,6-7,9-10H2,1-3H3. The Hall–Kier alpha value is -1.13. The fourth-order valence-electron chi connectivity index (χ4n) is 2.62. The van der Waals surface area contributed by atoms with Crippen molar-refractivity contribution >= 4 is 5.82 Å². The highest BCUT2D eigenvalue weighted by Gasteiger charge is 2.20. The van der Waals surface area contributed by atoms with Gasteiger partial charge in [-0.05, 0) is 44.0 Å². The number of rotatable bonds is 5. The highest BCUT2D eigenvalue weighted by Crippen LogP contribution is 2.22. The predicted molar refractivity (Wildman–Crippen MR) is 78.6 cm³/mol. The summed E-state index contributed by atoms with van der Waals surface area (Å²) in [7, 11) is 1.80. The van der Waals surface area contributed by atoms with Crippen molar-refractivity contribution in [3.63, 3.8) is 0 Å². The van der Waals surface area contributed by atoms with Crippen LogP contribution in [0, 0.1) is 0 Å². The van der Waals surface area contributed by atoms with Gasteiger partial charge in [-0.1, -0.05) is 6.92 Å². The summed E-state index contributed by atoms with van der Waals surface area (Å²) in [5.41, 5.74) is 1.31. The number of nitrogens with one attached hydrogen (secondary N) is 1. The molecule has 1 aromatic rings. The normalized spacial score (nSPS) is 18.6. The third-order valence-electron chi connectivity index (χ3n) is 3.88. The molecule has 0 amide bonds. The Labute approximate surface area is 116 Å². The average Bonchev–Trinajstić information content (AvgIpc) is 2.48. The van der Waals surface area contributed by atoms with Crippen LogP contribution in [0.1, 0.15) is 38.3 Å². The highest BCUT2D eigenvalue weighted by atomic mass is 16.5. The number of hydrogen-bond donors (Lipinski definition) is 1. The predicted octanol–water partition coefficient (Wildman–Crippen LogP) is 2.37. The minimum Gasteiger partial charge on any atom is -0.381 e. The van der Waals surface area contributed by atoms with Crippen LogP contribution in [0.5, 0.6) is 0 Å². The van der Waals surface area contributed by atoms with Crippen molar-refractivity contribution in [2.45, 2.75) is 38.8 Å². The number of ether oxygens (including phenoxy) is 1. The molecule has 19 heavy (non-hydrogen) atoms. The molecule has 1 aliphatic heterocycles. The summed E-state index contributed by atoms with van der Waals surface area (Å²) < 4.78 is 5.41. The van der Waals surface area contributed by atoms with E-state index >= 15 is 0 Å². The minimum absolute atomic E-state index is 0.378. The van der Waals surface area contributed by atoms with Crippen LogP contribution < -0.4 is 10.2 Å². The van der Waals surface area contributed by atoms with Crippen molar-refractivity contribution in [3.8, 4) is 0 Å². The fourth-order valence-corrected chi connectivity index (χ4v) is 2.62. The molecular formula is C15H25N3O. The van der Waals surface area contributed by atoms with Gasteiger partial charge in [0.05, 0.1) is 6.10 Å². The SMILES string of the molecule is CCNC(C)c1ccnc(N2CCC(OC)CC2)c1. The van der Waals surface area contributed by atoms with Gasteiger partial charge < -0.3 is 15.0 Å². The maximum Gasteiger partial charge on any atom is 0.128 e. The van der Waals surface area contributed by atoms with Crippen molar-refractivity contribution in [3.05, 3.63) is 23.9 Å². The van der Waals surface area contributed by atoms with Crippen molar-refractivity contribution < 1.29 is 4.74 Å². The van der Waals surface area contributed by atoms with Crippen molar-refractivity contribution in [2.75, 3.05) is 31.6 Å². The van der Waals surface area contributed by atoms with Crippen LogP contribution in [0.3, 0.4) is 0 Å². The zero-order valence-corrected chi connectivity index (χ0v) is 12.2. The molecule has 2 rings (SSSR count). The van der Waals surface area contributed by atoms with E-state index in [9.17, 15) is 0 Å². The van der Waals surface area contributed by atoms with E-state index in [1.807, 2.05) is 6.20 Å². The summed E-state index contributed by atoms with van der Waals surface area (Å²) >= 11 is 0. The van der Waals surface area contributed by atoms with Crippen molar-refractivity contribution in [1.29, 1.82) is 0 Å². The average molecular weight is 263 g/mol. The quantitative estimate of drug-likeness (QED) is 0.885. The van der Waals surface area contributed by atoms with Crippen LogP contribution in [-0.4, -0.2) is 37.8 Å². The molecule has 1 saturated heterocycles. The van der Waals surface area contributed by atoms with Gasteiger partial charge in [-0.25, -0.2) is 4.98 Å². The Morgan fingerprint density at radius 1 is 1.47 bits per heavy atom. The number of piperidine rings is 1. The molecule has 1 aliphatic rings. The van der Waals surface area contributed by atoms with E-state index in [4.69, 9.17) is 4.74 Å². The van der Waals surface area contributed by atoms with E-state index in [1.165, 1.54) is 5.56 Å². The molecule has 0 radical (unpaired) electrons. The van der Waals surface area contributed by atoms with Gasteiger partial charge in [0.2, 0.25) is 0 Å². The van der Waals surface area contributed by atoms with Crippen LogP contribution in [0.15, 0.2) is 18.3 Å². The lowest BCUT2D eigenvalue weighted by Crippen LogP contribution is -2.37. The first-order valence-electron chi connectivity index (χ1n) is 7.21. The number of aromatic nitrogens is 1. The maximum atomic E-state index is 5.41. The third-order valence-corrected chi connectivity index (χ3v) is 3.88. The second-order valence-electron chi connectivity index (χ2n) is 5.15. The lowest BCUT2D eigenvalue weighted by Gasteiger charge is -2.32. The van der Waals surface area contributed by atoms with Gasteiger partial charge >= 0.3 is 0 Å². The fraction of sp³-hybridized carbons (Fsp3) is 0.667. The molecule has 0 aliphatic carbocycles. The van der Waals surface area contributed by atoms with Crippen LogP contribution in [0.25, 0.3) is 0 Å². The van der Waals surface area contributed by atoms with Gasteiger partial charge in [0.15, 0.2) is 0 Å².